The van der Waals surface area contributed by atoms with Crippen LogP contribution >= 0.6 is 11.3 Å². The maximum absolute atomic E-state index is 11.0. The summed E-state index contributed by atoms with van der Waals surface area (Å²) in [5.41, 5.74) is 1.16. The maximum atomic E-state index is 11.0. The first-order valence-electron chi connectivity index (χ1n) is 5.46. The van der Waals surface area contributed by atoms with Crippen molar-refractivity contribution >= 4 is 17.3 Å². The van der Waals surface area contributed by atoms with Gasteiger partial charge in [-0.2, -0.15) is 0 Å². The molecule has 0 aliphatic heterocycles. The Hall–Kier alpha value is -1.88. The number of aryl methyl sites for hydroxylation is 2. The summed E-state index contributed by atoms with van der Waals surface area (Å²) in [6.45, 7) is 4.24. The summed E-state index contributed by atoms with van der Waals surface area (Å²) in [6, 6.07) is 6.60. The average molecular weight is 263 g/mol. The van der Waals surface area contributed by atoms with Crippen LogP contribution in [0.25, 0.3) is 0 Å². The minimum atomic E-state index is -0.989. The molecule has 1 heterocycles. The first kappa shape index (κ1) is 12.6. The molecule has 1 aromatic heterocycles. The van der Waals surface area contributed by atoms with Crippen LogP contribution in [0.4, 0.5) is 0 Å². The third kappa shape index (κ3) is 2.68. The Balaban J connectivity index is 2.13. The van der Waals surface area contributed by atoms with Gasteiger partial charge >= 0.3 is 5.97 Å². The highest BCUT2D eigenvalue weighted by Crippen LogP contribution is 2.22. The second-order valence-corrected chi connectivity index (χ2v) is 5.13. The number of carboxylic acids is 1. The number of benzene rings is 1. The molecule has 0 aliphatic carbocycles. The number of nitrogens with zero attached hydrogens (tertiary/aromatic N) is 1. The molecule has 4 nitrogen and oxygen atoms in total. The van der Waals surface area contributed by atoms with E-state index in [0.717, 1.165) is 15.6 Å². The van der Waals surface area contributed by atoms with Gasteiger partial charge < -0.3 is 9.84 Å². The third-order valence-electron chi connectivity index (χ3n) is 2.54. The van der Waals surface area contributed by atoms with Gasteiger partial charge in [-0.1, -0.05) is 12.1 Å². The molecule has 0 saturated carbocycles. The molecule has 0 aliphatic rings. The molecule has 18 heavy (non-hydrogen) atoms. The lowest BCUT2D eigenvalue weighted by atomic mass is 10.2. The number of aromatic carboxylic acids is 1. The van der Waals surface area contributed by atoms with Gasteiger partial charge in [0, 0.05) is 4.88 Å². The lowest BCUT2D eigenvalue weighted by molar-refractivity contribution is 0.0691. The van der Waals surface area contributed by atoms with E-state index in [-0.39, 0.29) is 5.56 Å². The number of hydrogen-bond donors (Lipinski definition) is 1. The van der Waals surface area contributed by atoms with E-state index in [1.165, 1.54) is 6.07 Å². The summed E-state index contributed by atoms with van der Waals surface area (Å²) in [6.07, 6.45) is 0. The molecule has 0 radical (unpaired) electrons. The van der Waals surface area contributed by atoms with Gasteiger partial charge in [-0.15, -0.1) is 11.3 Å². The molecular formula is C13H13NO3S. The molecule has 0 fully saturated rings. The van der Waals surface area contributed by atoms with E-state index in [1.807, 2.05) is 13.8 Å². The first-order valence-corrected chi connectivity index (χ1v) is 6.27. The molecule has 1 aromatic carbocycles. The van der Waals surface area contributed by atoms with Gasteiger partial charge in [0.05, 0.1) is 5.69 Å². The highest BCUT2D eigenvalue weighted by atomic mass is 32.1. The number of para-hydroxylation sites is 1. The van der Waals surface area contributed by atoms with Gasteiger partial charge in [0.15, 0.2) is 0 Å². The average Bonchev–Trinajstić information content (AvgIpc) is 2.66. The standard InChI is InChI=1S/C13H13NO3S/c1-8-9(2)18-12(14-8)7-17-11-6-4-3-5-10(11)13(15)16/h3-6H,7H2,1-2H3,(H,15,16). The van der Waals surface area contributed by atoms with Crippen molar-refractivity contribution in [1.82, 2.24) is 4.98 Å². The Bertz CT molecular complexity index is 558. The van der Waals surface area contributed by atoms with E-state index >= 15 is 0 Å². The van der Waals surface area contributed by atoms with Crippen LogP contribution in [0.1, 0.15) is 25.9 Å². The van der Waals surface area contributed by atoms with Crippen LogP contribution < -0.4 is 4.74 Å². The van der Waals surface area contributed by atoms with Crippen LogP contribution in [0.2, 0.25) is 0 Å². The lowest BCUT2D eigenvalue weighted by Crippen LogP contribution is -2.02. The molecule has 0 spiro atoms. The minimum Gasteiger partial charge on any atom is -0.486 e. The van der Waals surface area contributed by atoms with Crippen LogP contribution in [-0.2, 0) is 6.61 Å². The van der Waals surface area contributed by atoms with E-state index in [1.54, 1.807) is 29.5 Å². The number of thiazole rings is 1. The first-order chi connectivity index (χ1) is 8.58. The molecule has 2 aromatic rings. The number of carboxylic acid groups (broad SMARTS) is 1. The van der Waals surface area contributed by atoms with Crippen molar-refractivity contribution in [2.24, 2.45) is 0 Å². The zero-order valence-electron chi connectivity index (χ0n) is 10.1. The van der Waals surface area contributed by atoms with Crippen molar-refractivity contribution in [3.63, 3.8) is 0 Å². The smallest absolute Gasteiger partial charge is 0.339 e. The minimum absolute atomic E-state index is 0.169. The fourth-order valence-corrected chi connectivity index (χ4v) is 2.36. The summed E-state index contributed by atoms with van der Waals surface area (Å²) in [5, 5.41) is 9.87. The van der Waals surface area contributed by atoms with E-state index in [4.69, 9.17) is 9.84 Å². The summed E-state index contributed by atoms with van der Waals surface area (Å²) in [7, 11) is 0. The molecule has 5 heteroatoms. The second-order valence-electron chi connectivity index (χ2n) is 3.84. The topological polar surface area (TPSA) is 59.4 Å². The summed E-state index contributed by atoms with van der Waals surface area (Å²) in [4.78, 5) is 16.5. The summed E-state index contributed by atoms with van der Waals surface area (Å²) >= 11 is 1.56. The van der Waals surface area contributed by atoms with Gasteiger partial charge in [0.1, 0.15) is 22.9 Å². The van der Waals surface area contributed by atoms with Crippen molar-refractivity contribution in [3.05, 3.63) is 45.4 Å². The monoisotopic (exact) mass is 263 g/mol. The van der Waals surface area contributed by atoms with Crippen molar-refractivity contribution < 1.29 is 14.6 Å². The molecule has 0 bridgehead atoms. The van der Waals surface area contributed by atoms with Crippen LogP contribution in [0, 0.1) is 13.8 Å². The summed E-state index contributed by atoms with van der Waals surface area (Å²) < 4.78 is 5.52. The van der Waals surface area contributed by atoms with Crippen LogP contribution in [0.5, 0.6) is 5.75 Å². The Morgan fingerprint density at radius 2 is 2.11 bits per heavy atom. The Morgan fingerprint density at radius 3 is 2.72 bits per heavy atom. The van der Waals surface area contributed by atoms with E-state index < -0.39 is 5.97 Å². The van der Waals surface area contributed by atoms with Crippen molar-refractivity contribution in [2.75, 3.05) is 0 Å². The molecule has 0 amide bonds. The molecule has 0 unspecified atom stereocenters. The molecule has 1 N–H and O–H groups in total. The van der Waals surface area contributed by atoms with Crippen molar-refractivity contribution in [3.8, 4) is 5.75 Å². The van der Waals surface area contributed by atoms with Crippen LogP contribution in [-0.4, -0.2) is 16.1 Å². The van der Waals surface area contributed by atoms with Crippen LogP contribution in [0.3, 0.4) is 0 Å². The van der Waals surface area contributed by atoms with Gasteiger partial charge in [-0.05, 0) is 26.0 Å². The maximum Gasteiger partial charge on any atom is 0.339 e. The SMILES string of the molecule is Cc1nc(COc2ccccc2C(=O)O)sc1C. The predicted molar refractivity (Wildman–Crippen MR) is 69.3 cm³/mol. The second kappa shape index (κ2) is 5.18. The predicted octanol–water partition coefficient (Wildman–Crippen LogP) is 3.04. The molecular weight excluding hydrogens is 250 g/mol. The highest BCUT2D eigenvalue weighted by Gasteiger charge is 2.11. The zero-order chi connectivity index (χ0) is 13.1. The normalized spacial score (nSPS) is 10.3. The molecule has 94 valence electrons. The van der Waals surface area contributed by atoms with Crippen LogP contribution in [0.15, 0.2) is 24.3 Å². The lowest BCUT2D eigenvalue weighted by Gasteiger charge is -2.06. The van der Waals surface area contributed by atoms with E-state index in [2.05, 4.69) is 4.98 Å². The number of carbonyl (C=O) groups is 1. The Kier molecular flexibility index (Phi) is 3.62. The fraction of sp³-hybridized carbons (Fsp3) is 0.231. The quantitative estimate of drug-likeness (QED) is 0.921. The molecule has 0 atom stereocenters. The van der Waals surface area contributed by atoms with Gasteiger partial charge in [0.25, 0.3) is 0 Å². The van der Waals surface area contributed by atoms with E-state index in [0.29, 0.717) is 12.4 Å². The third-order valence-corrected chi connectivity index (χ3v) is 3.59. The van der Waals surface area contributed by atoms with Gasteiger partial charge in [0.2, 0.25) is 0 Å². The van der Waals surface area contributed by atoms with Gasteiger partial charge in [-0.3, -0.25) is 0 Å². The number of rotatable bonds is 4. The summed E-state index contributed by atoms with van der Waals surface area (Å²) in [5.74, 6) is -0.618. The number of aromatic nitrogens is 1. The van der Waals surface area contributed by atoms with E-state index in [9.17, 15) is 4.79 Å². The number of ether oxygens (including phenoxy) is 1. The number of hydrogen-bond acceptors (Lipinski definition) is 4. The Morgan fingerprint density at radius 1 is 1.39 bits per heavy atom. The molecule has 0 saturated heterocycles. The Labute approximate surface area is 109 Å². The van der Waals surface area contributed by atoms with Crippen molar-refractivity contribution in [1.29, 1.82) is 0 Å². The zero-order valence-corrected chi connectivity index (χ0v) is 11.0. The van der Waals surface area contributed by atoms with Crippen molar-refractivity contribution in [2.45, 2.75) is 20.5 Å². The van der Waals surface area contributed by atoms with Gasteiger partial charge in [-0.25, -0.2) is 9.78 Å². The largest absolute Gasteiger partial charge is 0.486 e. The highest BCUT2D eigenvalue weighted by molar-refractivity contribution is 7.11. The molecule has 2 rings (SSSR count). The fourth-order valence-electron chi connectivity index (χ4n) is 1.51.